The first-order chi connectivity index (χ1) is 9.22. The van der Waals surface area contributed by atoms with Gasteiger partial charge in [0.1, 0.15) is 11.8 Å². The summed E-state index contributed by atoms with van der Waals surface area (Å²) in [7, 11) is 1.39. The van der Waals surface area contributed by atoms with Crippen LogP contribution in [0.2, 0.25) is 0 Å². The molecule has 1 aliphatic carbocycles. The lowest BCUT2D eigenvalue weighted by molar-refractivity contribution is -0.143. The van der Waals surface area contributed by atoms with Crippen molar-refractivity contribution in [2.75, 3.05) is 7.11 Å². The topological polar surface area (TPSA) is 55.4 Å². The Morgan fingerprint density at radius 2 is 2.05 bits per heavy atom. The van der Waals surface area contributed by atoms with Crippen LogP contribution in [-0.2, 0) is 14.3 Å². The molecule has 1 aromatic rings. The second kappa shape index (κ2) is 4.78. The minimum Gasteiger partial charge on any atom is -0.468 e. The van der Waals surface area contributed by atoms with Crippen LogP contribution in [0.15, 0.2) is 30.3 Å². The standard InChI is InChI=1S/C15H17NO3/c1-19-15(18)14-10-7-8-11(17)12(10)13(16-14)9-5-3-2-4-6-9/h2-6,10,12-14,16H,7-8H2,1H3/t10-,12-,13+,14+/m0/s1. The molecule has 4 nitrogen and oxygen atoms in total. The summed E-state index contributed by atoms with van der Waals surface area (Å²) < 4.78 is 4.85. The highest BCUT2D eigenvalue weighted by atomic mass is 16.5. The number of methoxy groups -OCH3 is 1. The van der Waals surface area contributed by atoms with Crippen LogP contribution < -0.4 is 5.32 Å². The van der Waals surface area contributed by atoms with Gasteiger partial charge in [-0.15, -0.1) is 0 Å². The third kappa shape index (κ3) is 1.96. The largest absolute Gasteiger partial charge is 0.468 e. The number of benzene rings is 1. The molecule has 0 amide bonds. The van der Waals surface area contributed by atoms with Crippen molar-refractivity contribution in [1.29, 1.82) is 0 Å². The quantitative estimate of drug-likeness (QED) is 0.817. The molecule has 1 saturated heterocycles. The predicted molar refractivity (Wildman–Crippen MR) is 69.3 cm³/mol. The third-order valence-corrected chi connectivity index (χ3v) is 4.32. The van der Waals surface area contributed by atoms with E-state index in [1.54, 1.807) is 0 Å². The average Bonchev–Trinajstić information content (AvgIpc) is 3.00. The minimum atomic E-state index is -0.355. The summed E-state index contributed by atoms with van der Waals surface area (Å²) in [6, 6.07) is 9.44. The smallest absolute Gasteiger partial charge is 0.323 e. The first kappa shape index (κ1) is 12.4. The first-order valence-electron chi connectivity index (χ1n) is 6.64. The summed E-state index contributed by atoms with van der Waals surface area (Å²) in [6.07, 6.45) is 1.35. The molecule has 1 aliphatic heterocycles. The maximum absolute atomic E-state index is 12.1. The molecular formula is C15H17NO3. The number of nitrogens with one attached hydrogen (secondary N) is 1. The fourth-order valence-corrected chi connectivity index (χ4v) is 3.46. The molecule has 2 fully saturated rings. The molecule has 19 heavy (non-hydrogen) atoms. The lowest BCUT2D eigenvalue weighted by Crippen LogP contribution is -2.37. The van der Waals surface area contributed by atoms with Crippen LogP contribution in [0.1, 0.15) is 24.4 Å². The molecular weight excluding hydrogens is 242 g/mol. The van der Waals surface area contributed by atoms with Crippen LogP contribution in [0.5, 0.6) is 0 Å². The predicted octanol–water partition coefficient (Wildman–Crippen LogP) is 1.47. The number of rotatable bonds is 2. The Bertz CT molecular complexity index is 499. The van der Waals surface area contributed by atoms with Gasteiger partial charge in [-0.1, -0.05) is 30.3 Å². The van der Waals surface area contributed by atoms with E-state index in [9.17, 15) is 9.59 Å². The van der Waals surface area contributed by atoms with E-state index in [0.717, 1.165) is 12.0 Å². The number of fused-ring (bicyclic) bond motifs is 1. The fraction of sp³-hybridized carbons (Fsp3) is 0.467. The van der Waals surface area contributed by atoms with Gasteiger partial charge in [0, 0.05) is 18.4 Å². The molecule has 1 N–H and O–H groups in total. The van der Waals surface area contributed by atoms with Crippen molar-refractivity contribution in [3.63, 3.8) is 0 Å². The Balaban J connectivity index is 1.93. The minimum absolute atomic E-state index is 0.0645. The summed E-state index contributed by atoms with van der Waals surface area (Å²) in [5.41, 5.74) is 1.07. The fourth-order valence-electron chi connectivity index (χ4n) is 3.46. The lowest BCUT2D eigenvalue weighted by Gasteiger charge is -2.17. The van der Waals surface area contributed by atoms with Crippen LogP contribution in [0.25, 0.3) is 0 Å². The number of Topliss-reactive ketones (excluding diaryl/α,β-unsaturated/α-hetero) is 1. The molecule has 1 aromatic carbocycles. The monoisotopic (exact) mass is 259 g/mol. The van der Waals surface area contributed by atoms with Crippen molar-refractivity contribution in [2.45, 2.75) is 24.9 Å². The van der Waals surface area contributed by atoms with E-state index in [4.69, 9.17) is 4.74 Å². The van der Waals surface area contributed by atoms with Gasteiger partial charge in [-0.25, -0.2) is 0 Å². The van der Waals surface area contributed by atoms with Gasteiger partial charge in [0.15, 0.2) is 0 Å². The molecule has 3 rings (SSSR count). The van der Waals surface area contributed by atoms with E-state index >= 15 is 0 Å². The Hall–Kier alpha value is -1.68. The molecule has 0 unspecified atom stereocenters. The van der Waals surface area contributed by atoms with Crippen molar-refractivity contribution < 1.29 is 14.3 Å². The molecule has 4 heteroatoms. The first-order valence-corrected chi connectivity index (χ1v) is 6.64. The van der Waals surface area contributed by atoms with Crippen LogP contribution in [0.3, 0.4) is 0 Å². The van der Waals surface area contributed by atoms with Crippen molar-refractivity contribution in [1.82, 2.24) is 5.32 Å². The Kier molecular flexibility index (Phi) is 3.11. The lowest BCUT2D eigenvalue weighted by atomic mass is 9.87. The molecule has 0 aromatic heterocycles. The zero-order valence-electron chi connectivity index (χ0n) is 10.8. The summed E-state index contributed by atoms with van der Waals surface area (Å²) in [5.74, 6) is -0.0162. The molecule has 0 bridgehead atoms. The highest BCUT2D eigenvalue weighted by molar-refractivity contribution is 5.88. The number of carbonyl (C=O) groups excluding carboxylic acids is 2. The summed E-state index contributed by atoms with van der Waals surface area (Å²) >= 11 is 0. The number of carbonyl (C=O) groups is 2. The average molecular weight is 259 g/mol. The Morgan fingerprint density at radius 1 is 1.32 bits per heavy atom. The molecule has 0 spiro atoms. The van der Waals surface area contributed by atoms with Gasteiger partial charge in [-0.3, -0.25) is 14.9 Å². The number of hydrogen-bond acceptors (Lipinski definition) is 4. The van der Waals surface area contributed by atoms with Crippen molar-refractivity contribution >= 4 is 11.8 Å². The van der Waals surface area contributed by atoms with E-state index in [2.05, 4.69) is 5.32 Å². The van der Waals surface area contributed by atoms with Gasteiger partial charge < -0.3 is 4.74 Å². The van der Waals surface area contributed by atoms with Gasteiger partial charge in [0.2, 0.25) is 0 Å². The number of esters is 1. The molecule has 0 radical (unpaired) electrons. The second-order valence-electron chi connectivity index (χ2n) is 5.25. The molecule has 1 heterocycles. The van der Waals surface area contributed by atoms with Crippen LogP contribution in [0, 0.1) is 11.8 Å². The van der Waals surface area contributed by atoms with Gasteiger partial charge >= 0.3 is 5.97 Å². The van der Waals surface area contributed by atoms with Gasteiger partial charge in [0.05, 0.1) is 7.11 Å². The van der Waals surface area contributed by atoms with Crippen molar-refractivity contribution in [3.8, 4) is 0 Å². The highest BCUT2D eigenvalue weighted by Crippen LogP contribution is 2.45. The maximum Gasteiger partial charge on any atom is 0.323 e. The number of hydrogen-bond donors (Lipinski definition) is 1. The van der Waals surface area contributed by atoms with Crippen LogP contribution in [0.4, 0.5) is 0 Å². The maximum atomic E-state index is 12.1. The zero-order chi connectivity index (χ0) is 13.4. The summed E-state index contributed by atoms with van der Waals surface area (Å²) in [5, 5.41) is 3.30. The summed E-state index contributed by atoms with van der Waals surface area (Å²) in [4.78, 5) is 23.9. The Labute approximate surface area is 112 Å². The van der Waals surface area contributed by atoms with Crippen molar-refractivity contribution in [3.05, 3.63) is 35.9 Å². The number of ketones is 1. The SMILES string of the molecule is COC(=O)[C@@H]1N[C@H](c2ccccc2)[C@@H]2C(=O)CC[C@@H]21. The molecule has 4 atom stereocenters. The second-order valence-corrected chi connectivity index (χ2v) is 5.25. The van der Waals surface area contributed by atoms with E-state index in [1.807, 2.05) is 30.3 Å². The van der Waals surface area contributed by atoms with E-state index in [-0.39, 0.29) is 35.7 Å². The molecule has 2 aliphatic rings. The van der Waals surface area contributed by atoms with E-state index < -0.39 is 0 Å². The van der Waals surface area contributed by atoms with Crippen LogP contribution in [-0.4, -0.2) is 24.9 Å². The van der Waals surface area contributed by atoms with E-state index in [0.29, 0.717) is 6.42 Å². The zero-order valence-corrected chi connectivity index (χ0v) is 10.8. The van der Waals surface area contributed by atoms with E-state index in [1.165, 1.54) is 7.11 Å². The van der Waals surface area contributed by atoms with Gasteiger partial charge in [-0.2, -0.15) is 0 Å². The van der Waals surface area contributed by atoms with Gasteiger partial charge in [-0.05, 0) is 17.9 Å². The number of ether oxygens (including phenoxy) is 1. The third-order valence-electron chi connectivity index (χ3n) is 4.32. The van der Waals surface area contributed by atoms with Crippen molar-refractivity contribution in [2.24, 2.45) is 11.8 Å². The highest BCUT2D eigenvalue weighted by Gasteiger charge is 2.53. The molecule has 100 valence electrons. The normalized spacial score (nSPS) is 33.2. The Morgan fingerprint density at radius 3 is 2.74 bits per heavy atom. The van der Waals surface area contributed by atoms with Gasteiger partial charge in [0.25, 0.3) is 0 Å². The van der Waals surface area contributed by atoms with Crippen LogP contribution >= 0.6 is 0 Å². The summed E-state index contributed by atoms with van der Waals surface area (Å²) in [6.45, 7) is 0. The molecule has 1 saturated carbocycles.